The second kappa shape index (κ2) is 7.80. The smallest absolute Gasteiger partial charge is 0.243 e. The molecule has 2 aromatic rings. The van der Waals surface area contributed by atoms with E-state index in [1.165, 1.54) is 32.2 Å². The van der Waals surface area contributed by atoms with E-state index in [1.807, 2.05) is 32.0 Å². The number of ketones is 1. The molecule has 0 saturated carbocycles. The maximum absolute atomic E-state index is 12.7. The number of likely N-dealkylation sites (N-methyl/N-ethyl adjacent to an activating group) is 1. The molecule has 0 aromatic heterocycles. The fraction of sp³-hybridized carbons (Fsp3) is 0.263. The average Bonchev–Trinajstić information content (AvgIpc) is 2.58. The van der Waals surface area contributed by atoms with Gasteiger partial charge in [0, 0.05) is 18.3 Å². The molecule has 6 nitrogen and oxygen atoms in total. The summed E-state index contributed by atoms with van der Waals surface area (Å²) >= 11 is 0. The van der Waals surface area contributed by atoms with E-state index < -0.39 is 15.9 Å². The van der Waals surface area contributed by atoms with E-state index in [9.17, 15) is 18.0 Å². The van der Waals surface area contributed by atoms with Crippen LogP contribution in [0.4, 0.5) is 5.69 Å². The van der Waals surface area contributed by atoms with E-state index in [-0.39, 0.29) is 17.2 Å². The van der Waals surface area contributed by atoms with E-state index in [1.54, 1.807) is 6.07 Å². The van der Waals surface area contributed by atoms with Gasteiger partial charge in [0.25, 0.3) is 0 Å². The summed E-state index contributed by atoms with van der Waals surface area (Å²) in [7, 11) is -2.55. The number of anilines is 1. The van der Waals surface area contributed by atoms with Crippen molar-refractivity contribution in [2.24, 2.45) is 0 Å². The Bertz CT molecular complexity index is 952. The van der Waals surface area contributed by atoms with Crippen molar-refractivity contribution in [2.75, 3.05) is 18.9 Å². The Balaban J connectivity index is 2.16. The normalized spacial score (nSPS) is 11.4. The predicted octanol–water partition coefficient (Wildman–Crippen LogP) is 2.77. The molecule has 0 saturated heterocycles. The lowest BCUT2D eigenvalue weighted by atomic mass is 10.1. The molecule has 138 valence electrons. The number of carbonyl (C=O) groups excluding carboxylic acids is 2. The topological polar surface area (TPSA) is 83.6 Å². The van der Waals surface area contributed by atoms with Crippen LogP contribution in [-0.4, -0.2) is 38.0 Å². The van der Waals surface area contributed by atoms with Gasteiger partial charge in [-0.2, -0.15) is 4.31 Å². The molecule has 0 aliphatic carbocycles. The lowest BCUT2D eigenvalue weighted by Crippen LogP contribution is -2.35. The van der Waals surface area contributed by atoms with E-state index in [2.05, 4.69) is 5.32 Å². The number of rotatable bonds is 6. The van der Waals surface area contributed by atoms with Crippen molar-refractivity contribution in [3.05, 3.63) is 59.2 Å². The number of nitrogens with zero attached hydrogens (tertiary/aromatic N) is 1. The van der Waals surface area contributed by atoms with Gasteiger partial charge in [-0.25, -0.2) is 8.42 Å². The monoisotopic (exact) mass is 374 g/mol. The van der Waals surface area contributed by atoms with E-state index in [4.69, 9.17) is 0 Å². The minimum absolute atomic E-state index is 0.0211. The highest BCUT2D eigenvalue weighted by atomic mass is 32.2. The second-order valence-electron chi connectivity index (χ2n) is 6.21. The van der Waals surface area contributed by atoms with Crippen LogP contribution in [0.3, 0.4) is 0 Å². The van der Waals surface area contributed by atoms with Crippen LogP contribution in [0.5, 0.6) is 0 Å². The van der Waals surface area contributed by atoms with Crippen molar-refractivity contribution >= 4 is 27.4 Å². The van der Waals surface area contributed by atoms with Crippen molar-refractivity contribution in [1.29, 1.82) is 0 Å². The molecule has 0 unspecified atom stereocenters. The van der Waals surface area contributed by atoms with Gasteiger partial charge in [-0.3, -0.25) is 9.59 Å². The van der Waals surface area contributed by atoms with Crippen LogP contribution in [-0.2, 0) is 14.8 Å². The standard InChI is InChI=1S/C19H22N2O4S/c1-13-8-9-14(2)18(10-13)20-19(23)12-21(4)26(24,25)17-7-5-6-16(11-17)15(3)22/h5-11H,12H2,1-4H3,(H,20,23). The summed E-state index contributed by atoms with van der Waals surface area (Å²) in [5.41, 5.74) is 2.84. The number of aryl methyl sites for hydroxylation is 2. The van der Waals surface area contributed by atoms with Crippen molar-refractivity contribution < 1.29 is 18.0 Å². The van der Waals surface area contributed by atoms with Gasteiger partial charge in [0.15, 0.2) is 5.78 Å². The number of hydrogen-bond donors (Lipinski definition) is 1. The molecule has 2 aromatic carbocycles. The molecule has 0 aliphatic heterocycles. The molecule has 0 aliphatic rings. The first-order chi connectivity index (χ1) is 12.1. The van der Waals surface area contributed by atoms with Gasteiger partial charge in [0.05, 0.1) is 11.4 Å². The minimum Gasteiger partial charge on any atom is -0.325 e. The summed E-state index contributed by atoms with van der Waals surface area (Å²) in [6, 6.07) is 11.4. The number of benzene rings is 2. The first-order valence-electron chi connectivity index (χ1n) is 8.05. The fourth-order valence-electron chi connectivity index (χ4n) is 2.40. The molecular weight excluding hydrogens is 352 g/mol. The van der Waals surface area contributed by atoms with E-state index in [0.717, 1.165) is 15.4 Å². The number of nitrogens with one attached hydrogen (secondary N) is 1. The molecule has 1 amide bonds. The molecule has 0 heterocycles. The number of hydrogen-bond acceptors (Lipinski definition) is 4. The highest BCUT2D eigenvalue weighted by molar-refractivity contribution is 7.89. The number of Topliss-reactive ketones (excluding diaryl/α,β-unsaturated/α-hetero) is 1. The Labute approximate surface area is 153 Å². The third kappa shape index (κ3) is 4.56. The number of carbonyl (C=O) groups is 2. The number of sulfonamides is 1. The van der Waals surface area contributed by atoms with Gasteiger partial charge in [-0.15, -0.1) is 0 Å². The molecule has 26 heavy (non-hydrogen) atoms. The summed E-state index contributed by atoms with van der Waals surface area (Å²) in [5, 5.41) is 2.74. The molecule has 0 spiro atoms. The first kappa shape index (κ1) is 19.8. The molecule has 2 rings (SSSR count). The number of amides is 1. The lowest BCUT2D eigenvalue weighted by molar-refractivity contribution is -0.116. The zero-order valence-electron chi connectivity index (χ0n) is 15.2. The Morgan fingerprint density at radius 3 is 2.42 bits per heavy atom. The van der Waals surface area contributed by atoms with E-state index >= 15 is 0 Å². The summed E-state index contributed by atoms with van der Waals surface area (Å²) in [4.78, 5) is 23.7. The summed E-state index contributed by atoms with van der Waals surface area (Å²) < 4.78 is 26.3. The molecule has 0 radical (unpaired) electrons. The SMILES string of the molecule is CC(=O)c1cccc(S(=O)(=O)N(C)CC(=O)Nc2cc(C)ccc2C)c1. The Hall–Kier alpha value is -2.51. The van der Waals surface area contributed by atoms with Crippen LogP contribution in [0.25, 0.3) is 0 Å². The summed E-state index contributed by atoms with van der Waals surface area (Å²) in [6.45, 7) is 4.81. The van der Waals surface area contributed by atoms with Crippen LogP contribution in [0.2, 0.25) is 0 Å². The maximum atomic E-state index is 12.7. The van der Waals surface area contributed by atoms with Crippen LogP contribution >= 0.6 is 0 Å². The third-order valence-corrected chi connectivity index (χ3v) is 5.78. The van der Waals surface area contributed by atoms with Crippen LogP contribution in [0, 0.1) is 13.8 Å². The zero-order chi connectivity index (χ0) is 19.5. The molecule has 1 N–H and O–H groups in total. The van der Waals surface area contributed by atoms with Gasteiger partial charge in [-0.1, -0.05) is 24.3 Å². The molecule has 0 atom stereocenters. The van der Waals surface area contributed by atoms with Gasteiger partial charge >= 0.3 is 0 Å². The van der Waals surface area contributed by atoms with Crippen molar-refractivity contribution in [3.8, 4) is 0 Å². The van der Waals surface area contributed by atoms with Crippen molar-refractivity contribution in [2.45, 2.75) is 25.7 Å². The highest BCUT2D eigenvalue weighted by Crippen LogP contribution is 2.18. The zero-order valence-corrected chi connectivity index (χ0v) is 16.1. The largest absolute Gasteiger partial charge is 0.325 e. The fourth-order valence-corrected chi connectivity index (χ4v) is 3.58. The molecule has 7 heteroatoms. The first-order valence-corrected chi connectivity index (χ1v) is 9.49. The Morgan fingerprint density at radius 2 is 1.77 bits per heavy atom. The third-order valence-electron chi connectivity index (χ3n) is 3.98. The molecular formula is C19H22N2O4S. The van der Waals surface area contributed by atoms with E-state index in [0.29, 0.717) is 11.3 Å². The Morgan fingerprint density at radius 1 is 1.08 bits per heavy atom. The average molecular weight is 374 g/mol. The van der Waals surface area contributed by atoms with Crippen molar-refractivity contribution in [1.82, 2.24) is 4.31 Å². The quantitative estimate of drug-likeness (QED) is 0.788. The summed E-state index contributed by atoms with van der Waals surface area (Å²) in [6.07, 6.45) is 0. The van der Waals surface area contributed by atoms with Crippen molar-refractivity contribution in [3.63, 3.8) is 0 Å². The van der Waals surface area contributed by atoms with Gasteiger partial charge < -0.3 is 5.32 Å². The molecule has 0 bridgehead atoms. The second-order valence-corrected chi connectivity index (χ2v) is 8.26. The Kier molecular flexibility index (Phi) is 5.94. The van der Waals surface area contributed by atoms with Gasteiger partial charge in [-0.05, 0) is 50.1 Å². The summed E-state index contributed by atoms with van der Waals surface area (Å²) in [5.74, 6) is -0.662. The van der Waals surface area contributed by atoms with Crippen LogP contribution in [0.15, 0.2) is 47.4 Å². The van der Waals surface area contributed by atoms with Gasteiger partial charge in [0.2, 0.25) is 15.9 Å². The van der Waals surface area contributed by atoms with Crippen LogP contribution in [0.1, 0.15) is 28.4 Å². The minimum atomic E-state index is -3.88. The highest BCUT2D eigenvalue weighted by Gasteiger charge is 2.23. The maximum Gasteiger partial charge on any atom is 0.243 e. The lowest BCUT2D eigenvalue weighted by Gasteiger charge is -2.18. The molecule has 0 fully saturated rings. The van der Waals surface area contributed by atoms with Gasteiger partial charge in [0.1, 0.15) is 0 Å². The predicted molar refractivity (Wildman–Crippen MR) is 101 cm³/mol. The van der Waals surface area contributed by atoms with Crippen LogP contribution < -0.4 is 5.32 Å².